The number of aryl methyl sites for hydroxylation is 1. The molecule has 4 heteroatoms. The van der Waals surface area contributed by atoms with Gasteiger partial charge in [0, 0.05) is 23.4 Å². The Balaban J connectivity index is 2.18. The van der Waals surface area contributed by atoms with Crippen LogP contribution in [0.2, 0.25) is 0 Å². The Hall–Kier alpha value is -1.13. The van der Waals surface area contributed by atoms with Gasteiger partial charge in [-0.3, -0.25) is 0 Å². The molecule has 0 amide bonds. The van der Waals surface area contributed by atoms with E-state index in [1.165, 1.54) is 5.56 Å². The number of hydrogen-bond donors (Lipinski definition) is 1. The van der Waals surface area contributed by atoms with Crippen LogP contribution in [-0.4, -0.2) is 16.6 Å². The average molecular weight is 322 g/mol. The second-order valence-corrected chi connectivity index (χ2v) is 5.57. The number of halogens is 1. The summed E-state index contributed by atoms with van der Waals surface area (Å²) in [6.45, 7) is 3.21. The molecule has 19 heavy (non-hydrogen) atoms. The molecule has 2 rings (SSSR count). The van der Waals surface area contributed by atoms with Crippen LogP contribution in [0.5, 0.6) is 0 Å². The molecule has 0 saturated carbocycles. The summed E-state index contributed by atoms with van der Waals surface area (Å²) in [6.07, 6.45) is 6.01. The molecule has 0 aliphatic carbocycles. The first-order valence-corrected chi connectivity index (χ1v) is 7.46. The van der Waals surface area contributed by atoms with Gasteiger partial charge in [0.2, 0.25) is 0 Å². The van der Waals surface area contributed by atoms with Gasteiger partial charge in [-0.1, -0.05) is 35.0 Å². The van der Waals surface area contributed by atoms with Crippen molar-refractivity contribution in [2.45, 2.75) is 32.4 Å². The van der Waals surface area contributed by atoms with Gasteiger partial charge in [0.1, 0.15) is 5.82 Å². The molecule has 0 saturated heterocycles. The Bertz CT molecular complexity index is 522. The number of hydrogen-bond acceptors (Lipinski definition) is 2. The third kappa shape index (κ3) is 3.67. The molecule has 0 aliphatic rings. The summed E-state index contributed by atoms with van der Waals surface area (Å²) in [5, 5.41) is 3.37. The molecule has 102 valence electrons. The lowest BCUT2D eigenvalue weighted by Crippen LogP contribution is -2.23. The fourth-order valence-corrected chi connectivity index (χ4v) is 2.73. The highest BCUT2D eigenvalue weighted by atomic mass is 79.9. The van der Waals surface area contributed by atoms with Crippen LogP contribution in [-0.2, 0) is 13.0 Å². The van der Waals surface area contributed by atoms with E-state index in [0.717, 1.165) is 29.7 Å². The van der Waals surface area contributed by atoms with Crippen LogP contribution < -0.4 is 5.32 Å². The second-order valence-electron chi connectivity index (χ2n) is 4.65. The predicted molar refractivity (Wildman–Crippen MR) is 82.2 cm³/mol. The summed E-state index contributed by atoms with van der Waals surface area (Å²) in [5.41, 5.74) is 1.31. The molecule has 2 aromatic rings. The highest BCUT2D eigenvalue weighted by Crippen LogP contribution is 2.19. The van der Waals surface area contributed by atoms with Gasteiger partial charge in [0.15, 0.2) is 0 Å². The van der Waals surface area contributed by atoms with Crippen molar-refractivity contribution in [3.05, 3.63) is 52.5 Å². The maximum atomic E-state index is 4.51. The minimum Gasteiger partial charge on any atom is -0.334 e. The summed E-state index contributed by atoms with van der Waals surface area (Å²) < 4.78 is 3.36. The minimum atomic E-state index is 0.246. The van der Waals surface area contributed by atoms with Crippen molar-refractivity contribution in [3.63, 3.8) is 0 Å². The Morgan fingerprint density at radius 3 is 2.95 bits per heavy atom. The highest BCUT2D eigenvalue weighted by Gasteiger charge is 2.15. The lowest BCUT2D eigenvalue weighted by molar-refractivity contribution is 0.512. The van der Waals surface area contributed by atoms with E-state index in [9.17, 15) is 0 Å². The number of benzene rings is 1. The zero-order chi connectivity index (χ0) is 13.7. The molecule has 1 aromatic heterocycles. The number of nitrogens with one attached hydrogen (secondary N) is 1. The SMILES string of the molecule is CCCn1ccnc1C(Cc1cccc(Br)c1)NC. The second kappa shape index (κ2) is 6.87. The number of likely N-dealkylation sites (N-methyl/N-ethyl adjacent to an activating group) is 1. The third-order valence-corrected chi connectivity index (χ3v) is 3.69. The molecule has 1 heterocycles. The molecule has 1 aromatic carbocycles. The number of aromatic nitrogens is 2. The van der Waals surface area contributed by atoms with E-state index >= 15 is 0 Å². The summed E-state index contributed by atoms with van der Waals surface area (Å²) in [7, 11) is 1.99. The Labute approximate surface area is 123 Å². The van der Waals surface area contributed by atoms with E-state index in [1.54, 1.807) is 0 Å². The van der Waals surface area contributed by atoms with E-state index in [0.29, 0.717) is 0 Å². The van der Waals surface area contributed by atoms with Crippen molar-refractivity contribution >= 4 is 15.9 Å². The van der Waals surface area contributed by atoms with Crippen molar-refractivity contribution < 1.29 is 0 Å². The first-order chi connectivity index (χ1) is 9.24. The maximum Gasteiger partial charge on any atom is 0.126 e. The smallest absolute Gasteiger partial charge is 0.126 e. The van der Waals surface area contributed by atoms with Crippen molar-refractivity contribution in [2.24, 2.45) is 0 Å². The minimum absolute atomic E-state index is 0.246. The molecule has 1 atom stereocenters. The van der Waals surface area contributed by atoms with Gasteiger partial charge in [-0.15, -0.1) is 0 Å². The van der Waals surface area contributed by atoms with Crippen LogP contribution in [0.3, 0.4) is 0 Å². The summed E-state index contributed by atoms with van der Waals surface area (Å²) in [5.74, 6) is 1.12. The molecular formula is C15H20BrN3. The highest BCUT2D eigenvalue weighted by molar-refractivity contribution is 9.10. The number of nitrogens with zero attached hydrogens (tertiary/aromatic N) is 2. The fraction of sp³-hybridized carbons (Fsp3) is 0.400. The van der Waals surface area contributed by atoms with Crippen LogP contribution >= 0.6 is 15.9 Å². The Kier molecular flexibility index (Phi) is 5.16. The zero-order valence-electron chi connectivity index (χ0n) is 11.4. The quantitative estimate of drug-likeness (QED) is 0.881. The first-order valence-electron chi connectivity index (χ1n) is 6.67. The molecular weight excluding hydrogens is 302 g/mol. The molecule has 0 radical (unpaired) electrons. The van der Waals surface area contributed by atoms with Crippen LogP contribution in [0, 0.1) is 0 Å². The lowest BCUT2D eigenvalue weighted by Gasteiger charge is -2.17. The topological polar surface area (TPSA) is 29.9 Å². The largest absolute Gasteiger partial charge is 0.334 e. The Morgan fingerprint density at radius 1 is 1.42 bits per heavy atom. The summed E-state index contributed by atoms with van der Waals surface area (Å²) >= 11 is 3.52. The van der Waals surface area contributed by atoms with Crippen molar-refractivity contribution in [3.8, 4) is 0 Å². The van der Waals surface area contributed by atoms with Gasteiger partial charge in [0.25, 0.3) is 0 Å². The standard InChI is InChI=1S/C15H20BrN3/c1-3-8-19-9-7-18-15(19)14(17-2)11-12-5-4-6-13(16)10-12/h4-7,9-10,14,17H,3,8,11H2,1-2H3. The van der Waals surface area contributed by atoms with Crippen LogP contribution in [0.15, 0.2) is 41.1 Å². The van der Waals surface area contributed by atoms with E-state index in [-0.39, 0.29) is 6.04 Å². The van der Waals surface area contributed by atoms with Crippen LogP contribution in [0.1, 0.15) is 30.8 Å². The van der Waals surface area contributed by atoms with Gasteiger partial charge in [0.05, 0.1) is 6.04 Å². The van der Waals surface area contributed by atoms with Crippen molar-refractivity contribution in [2.75, 3.05) is 7.05 Å². The van der Waals surface area contributed by atoms with Crippen molar-refractivity contribution in [1.82, 2.24) is 14.9 Å². The van der Waals surface area contributed by atoms with Gasteiger partial charge in [-0.25, -0.2) is 4.98 Å². The van der Waals surface area contributed by atoms with E-state index < -0.39 is 0 Å². The van der Waals surface area contributed by atoms with Crippen LogP contribution in [0.25, 0.3) is 0 Å². The molecule has 3 nitrogen and oxygen atoms in total. The maximum absolute atomic E-state index is 4.51. The monoisotopic (exact) mass is 321 g/mol. The van der Waals surface area contributed by atoms with Crippen LogP contribution in [0.4, 0.5) is 0 Å². The van der Waals surface area contributed by atoms with E-state index in [1.807, 2.05) is 13.2 Å². The fourth-order valence-electron chi connectivity index (χ4n) is 2.28. The Morgan fingerprint density at radius 2 is 2.26 bits per heavy atom. The molecule has 0 spiro atoms. The van der Waals surface area contributed by atoms with Gasteiger partial charge in [-0.2, -0.15) is 0 Å². The zero-order valence-corrected chi connectivity index (χ0v) is 13.0. The van der Waals surface area contributed by atoms with E-state index in [4.69, 9.17) is 0 Å². The summed E-state index contributed by atoms with van der Waals surface area (Å²) in [6, 6.07) is 8.69. The summed E-state index contributed by atoms with van der Waals surface area (Å²) in [4.78, 5) is 4.51. The van der Waals surface area contributed by atoms with Gasteiger partial charge >= 0.3 is 0 Å². The molecule has 1 N–H and O–H groups in total. The van der Waals surface area contributed by atoms with Crippen molar-refractivity contribution in [1.29, 1.82) is 0 Å². The third-order valence-electron chi connectivity index (χ3n) is 3.20. The molecule has 0 aliphatic heterocycles. The number of imidazole rings is 1. The first kappa shape index (κ1) is 14.3. The van der Waals surface area contributed by atoms with E-state index in [2.05, 4.69) is 68.2 Å². The molecule has 0 bridgehead atoms. The normalized spacial score (nSPS) is 12.6. The average Bonchev–Trinajstić information content (AvgIpc) is 2.85. The lowest BCUT2D eigenvalue weighted by atomic mass is 10.1. The predicted octanol–water partition coefficient (Wildman–Crippen LogP) is 3.56. The van der Waals surface area contributed by atoms with Gasteiger partial charge in [-0.05, 0) is 37.6 Å². The molecule has 1 unspecified atom stereocenters. The van der Waals surface area contributed by atoms with Gasteiger partial charge < -0.3 is 9.88 Å². The molecule has 0 fully saturated rings. The number of rotatable bonds is 6.